The van der Waals surface area contributed by atoms with E-state index in [1.807, 2.05) is 24.3 Å². The largest absolute Gasteiger partial charge is 0.338 e. The zero-order chi connectivity index (χ0) is 16.5. The summed E-state index contributed by atoms with van der Waals surface area (Å²) in [6.07, 6.45) is 0. The first-order chi connectivity index (χ1) is 11.7. The third-order valence-corrected chi connectivity index (χ3v) is 4.44. The number of Topliss-reactive ketones (excluding diaryl/α,β-unsaturated/α-hetero) is 1. The summed E-state index contributed by atoms with van der Waals surface area (Å²) in [5, 5.41) is 9.67. The van der Waals surface area contributed by atoms with Crippen LogP contribution in [-0.2, 0) is 0 Å². The first-order valence-corrected chi connectivity index (χ1v) is 8.22. The van der Waals surface area contributed by atoms with Crippen molar-refractivity contribution in [2.75, 3.05) is 5.75 Å². The first kappa shape index (κ1) is 14.8. The molecule has 0 bridgehead atoms. The summed E-state index contributed by atoms with van der Waals surface area (Å²) >= 11 is 1.20. The summed E-state index contributed by atoms with van der Waals surface area (Å²) < 4.78 is 12.9. The fourth-order valence-corrected chi connectivity index (χ4v) is 3.10. The number of para-hydroxylation sites is 1. The average molecular weight is 338 g/mol. The number of hydrogen-bond donors (Lipinski definition) is 1. The fraction of sp³-hybridized carbons (Fsp3) is 0.0588. The van der Waals surface area contributed by atoms with Gasteiger partial charge in [0.15, 0.2) is 11.4 Å². The van der Waals surface area contributed by atoms with Crippen molar-refractivity contribution in [3.05, 3.63) is 59.9 Å². The number of nitrogens with one attached hydrogen (secondary N) is 1. The number of aromatic amines is 1. The Balaban J connectivity index is 1.55. The van der Waals surface area contributed by atoms with Gasteiger partial charge in [-0.05, 0) is 30.3 Å². The Hall–Kier alpha value is -2.80. The number of hydrogen-bond acceptors (Lipinski definition) is 5. The number of carbonyl (C=O) groups is 1. The monoisotopic (exact) mass is 338 g/mol. The van der Waals surface area contributed by atoms with Crippen LogP contribution in [0.25, 0.3) is 22.1 Å². The summed E-state index contributed by atoms with van der Waals surface area (Å²) in [5.74, 6) is -0.310. The molecule has 0 radical (unpaired) electrons. The third-order valence-electron chi connectivity index (χ3n) is 3.60. The summed E-state index contributed by atoms with van der Waals surface area (Å²) in [6, 6.07) is 13.2. The number of nitrogens with zero attached hydrogens (tertiary/aromatic N) is 3. The quantitative estimate of drug-likeness (QED) is 0.454. The molecule has 0 saturated carbocycles. The summed E-state index contributed by atoms with van der Waals surface area (Å²) in [6.45, 7) is 0. The van der Waals surface area contributed by atoms with E-state index in [0.29, 0.717) is 21.9 Å². The van der Waals surface area contributed by atoms with E-state index >= 15 is 0 Å². The van der Waals surface area contributed by atoms with Crippen LogP contribution in [0.15, 0.2) is 53.7 Å². The molecule has 0 amide bonds. The zero-order valence-corrected chi connectivity index (χ0v) is 13.2. The van der Waals surface area contributed by atoms with E-state index in [4.69, 9.17) is 0 Å². The number of rotatable bonds is 4. The van der Waals surface area contributed by atoms with Crippen LogP contribution in [0.3, 0.4) is 0 Å². The normalized spacial score (nSPS) is 11.2. The maximum absolute atomic E-state index is 12.9. The lowest BCUT2D eigenvalue weighted by Gasteiger charge is -2.00. The van der Waals surface area contributed by atoms with E-state index in [9.17, 15) is 9.18 Å². The minimum absolute atomic E-state index is 0.111. The highest BCUT2D eigenvalue weighted by molar-refractivity contribution is 7.99. The SMILES string of the molecule is O=C(CSc1nnc2c(n1)[nH]c1ccccc12)c1ccc(F)cc1. The van der Waals surface area contributed by atoms with Crippen molar-refractivity contribution in [2.24, 2.45) is 0 Å². The van der Waals surface area contributed by atoms with Gasteiger partial charge in [-0.2, -0.15) is 0 Å². The Morgan fingerprint density at radius 1 is 1.08 bits per heavy atom. The second-order valence-corrected chi connectivity index (χ2v) is 6.12. The standard InChI is InChI=1S/C17H11FN4OS/c18-11-7-5-10(6-8-11)14(23)9-24-17-20-16-15(21-22-17)12-3-1-2-4-13(12)19-16/h1-8H,9H2,(H,19,20,22). The molecule has 0 fully saturated rings. The predicted octanol–water partition coefficient (Wildman–Crippen LogP) is 3.62. The van der Waals surface area contributed by atoms with Gasteiger partial charge in [0.05, 0.1) is 5.75 Å². The Bertz CT molecular complexity index is 1050. The Kier molecular flexibility index (Phi) is 3.70. The molecule has 0 saturated heterocycles. The van der Waals surface area contributed by atoms with Crippen LogP contribution < -0.4 is 0 Å². The van der Waals surface area contributed by atoms with Gasteiger partial charge in [-0.3, -0.25) is 4.79 Å². The molecule has 1 N–H and O–H groups in total. The average Bonchev–Trinajstić information content (AvgIpc) is 2.98. The number of carbonyl (C=O) groups excluding carboxylic acids is 1. The molecule has 0 aliphatic rings. The molecule has 0 aliphatic heterocycles. The van der Waals surface area contributed by atoms with E-state index in [1.54, 1.807) is 0 Å². The van der Waals surface area contributed by atoms with E-state index in [2.05, 4.69) is 20.2 Å². The maximum Gasteiger partial charge on any atom is 0.211 e. The molecule has 2 aromatic heterocycles. The van der Waals surface area contributed by atoms with Gasteiger partial charge in [-0.1, -0.05) is 30.0 Å². The predicted molar refractivity (Wildman–Crippen MR) is 90.6 cm³/mol. The Morgan fingerprint density at radius 3 is 2.71 bits per heavy atom. The highest BCUT2D eigenvalue weighted by atomic mass is 32.2. The lowest BCUT2D eigenvalue weighted by Crippen LogP contribution is -2.03. The fourth-order valence-electron chi connectivity index (χ4n) is 2.42. The highest BCUT2D eigenvalue weighted by Crippen LogP contribution is 2.23. The van der Waals surface area contributed by atoms with Gasteiger partial charge < -0.3 is 4.98 Å². The van der Waals surface area contributed by atoms with Crippen molar-refractivity contribution >= 4 is 39.6 Å². The van der Waals surface area contributed by atoms with Gasteiger partial charge in [0.2, 0.25) is 5.16 Å². The van der Waals surface area contributed by atoms with Gasteiger partial charge in [0.1, 0.15) is 11.3 Å². The topological polar surface area (TPSA) is 71.5 Å². The molecule has 4 rings (SSSR count). The van der Waals surface area contributed by atoms with E-state index in [1.165, 1.54) is 36.0 Å². The van der Waals surface area contributed by atoms with Crippen molar-refractivity contribution in [2.45, 2.75) is 5.16 Å². The molecular weight excluding hydrogens is 327 g/mol. The minimum atomic E-state index is -0.365. The van der Waals surface area contributed by atoms with Gasteiger partial charge >= 0.3 is 0 Å². The number of H-pyrrole nitrogens is 1. The minimum Gasteiger partial charge on any atom is -0.338 e. The van der Waals surface area contributed by atoms with Gasteiger partial charge in [0, 0.05) is 16.5 Å². The lowest BCUT2D eigenvalue weighted by atomic mass is 10.1. The van der Waals surface area contributed by atoms with Crippen LogP contribution in [0.1, 0.15) is 10.4 Å². The van der Waals surface area contributed by atoms with Crippen LogP contribution in [-0.4, -0.2) is 31.7 Å². The summed E-state index contributed by atoms with van der Waals surface area (Å²) in [7, 11) is 0. The molecular formula is C17H11FN4OS. The highest BCUT2D eigenvalue weighted by Gasteiger charge is 2.11. The van der Waals surface area contributed by atoms with Crippen LogP contribution in [0, 0.1) is 5.82 Å². The number of thioether (sulfide) groups is 1. The van der Waals surface area contributed by atoms with E-state index in [-0.39, 0.29) is 17.4 Å². The number of benzene rings is 2. The molecule has 24 heavy (non-hydrogen) atoms. The molecule has 0 spiro atoms. The molecule has 5 nitrogen and oxygen atoms in total. The molecule has 0 atom stereocenters. The molecule has 2 aromatic carbocycles. The maximum atomic E-state index is 12.9. The van der Waals surface area contributed by atoms with Crippen LogP contribution in [0.2, 0.25) is 0 Å². The lowest BCUT2D eigenvalue weighted by molar-refractivity contribution is 0.102. The third kappa shape index (κ3) is 2.74. The van der Waals surface area contributed by atoms with E-state index in [0.717, 1.165) is 10.9 Å². The second kappa shape index (κ2) is 6.01. The van der Waals surface area contributed by atoms with Crippen LogP contribution in [0.4, 0.5) is 4.39 Å². The van der Waals surface area contributed by atoms with Crippen molar-refractivity contribution in [1.82, 2.24) is 20.2 Å². The molecule has 0 unspecified atom stereocenters. The van der Waals surface area contributed by atoms with Crippen LogP contribution >= 0.6 is 11.8 Å². The Labute approximate surface area is 140 Å². The van der Waals surface area contributed by atoms with E-state index < -0.39 is 0 Å². The number of halogens is 1. The van der Waals surface area contributed by atoms with Gasteiger partial charge in [-0.25, -0.2) is 9.37 Å². The van der Waals surface area contributed by atoms with Crippen molar-refractivity contribution in [3.63, 3.8) is 0 Å². The number of aromatic nitrogens is 4. The summed E-state index contributed by atoms with van der Waals surface area (Å²) in [5.41, 5.74) is 2.75. The molecule has 7 heteroatoms. The molecule has 4 aromatic rings. The van der Waals surface area contributed by atoms with Crippen molar-refractivity contribution in [1.29, 1.82) is 0 Å². The van der Waals surface area contributed by atoms with Gasteiger partial charge in [0.25, 0.3) is 0 Å². The molecule has 118 valence electrons. The number of fused-ring (bicyclic) bond motifs is 3. The van der Waals surface area contributed by atoms with Crippen molar-refractivity contribution < 1.29 is 9.18 Å². The van der Waals surface area contributed by atoms with Gasteiger partial charge in [-0.15, -0.1) is 10.2 Å². The summed E-state index contributed by atoms with van der Waals surface area (Å²) in [4.78, 5) is 19.7. The number of ketones is 1. The first-order valence-electron chi connectivity index (χ1n) is 7.23. The van der Waals surface area contributed by atoms with Crippen molar-refractivity contribution in [3.8, 4) is 0 Å². The zero-order valence-electron chi connectivity index (χ0n) is 12.4. The molecule has 2 heterocycles. The molecule has 0 aliphatic carbocycles. The van der Waals surface area contributed by atoms with Crippen LogP contribution in [0.5, 0.6) is 0 Å². The smallest absolute Gasteiger partial charge is 0.211 e. The second-order valence-electron chi connectivity index (χ2n) is 5.18. The Morgan fingerprint density at radius 2 is 1.88 bits per heavy atom.